The van der Waals surface area contributed by atoms with E-state index in [0.29, 0.717) is 6.04 Å². The molecule has 0 saturated heterocycles. The second-order valence-electron chi connectivity index (χ2n) is 6.02. The van der Waals surface area contributed by atoms with Gasteiger partial charge < -0.3 is 14.8 Å². The Morgan fingerprint density at radius 1 is 1.15 bits per heavy atom. The maximum atomic E-state index is 5.35. The zero-order valence-corrected chi connectivity index (χ0v) is 13.1. The molecule has 0 heterocycles. The SMILES string of the molecule is COc1ccc(CC(C)NCC(C)C2CC2)cc1OC. The molecule has 1 N–H and O–H groups in total. The smallest absolute Gasteiger partial charge is 0.160 e. The van der Waals surface area contributed by atoms with Crippen molar-refractivity contribution in [1.82, 2.24) is 5.32 Å². The first-order valence-corrected chi connectivity index (χ1v) is 7.58. The fourth-order valence-corrected chi connectivity index (χ4v) is 2.65. The number of hydrogen-bond donors (Lipinski definition) is 1. The summed E-state index contributed by atoms with van der Waals surface area (Å²) in [4.78, 5) is 0. The van der Waals surface area contributed by atoms with Crippen LogP contribution in [-0.2, 0) is 6.42 Å². The summed E-state index contributed by atoms with van der Waals surface area (Å²) in [5.74, 6) is 3.38. The van der Waals surface area contributed by atoms with Crippen LogP contribution in [-0.4, -0.2) is 26.8 Å². The van der Waals surface area contributed by atoms with Crippen LogP contribution in [0.2, 0.25) is 0 Å². The summed E-state index contributed by atoms with van der Waals surface area (Å²) in [5, 5.41) is 3.65. The van der Waals surface area contributed by atoms with Gasteiger partial charge in [-0.15, -0.1) is 0 Å². The Balaban J connectivity index is 1.85. The normalized spacial score (nSPS) is 17.6. The van der Waals surface area contributed by atoms with Gasteiger partial charge >= 0.3 is 0 Å². The maximum absolute atomic E-state index is 5.35. The molecule has 0 aromatic heterocycles. The highest BCUT2D eigenvalue weighted by molar-refractivity contribution is 5.43. The van der Waals surface area contributed by atoms with E-state index in [1.54, 1.807) is 14.2 Å². The molecule has 1 aromatic carbocycles. The monoisotopic (exact) mass is 277 g/mol. The van der Waals surface area contributed by atoms with Gasteiger partial charge in [-0.3, -0.25) is 0 Å². The fourth-order valence-electron chi connectivity index (χ4n) is 2.65. The Hall–Kier alpha value is -1.22. The lowest BCUT2D eigenvalue weighted by molar-refractivity contribution is 0.354. The Morgan fingerprint density at radius 2 is 1.85 bits per heavy atom. The molecule has 1 aliphatic rings. The maximum Gasteiger partial charge on any atom is 0.160 e. The van der Waals surface area contributed by atoms with Gasteiger partial charge in [0, 0.05) is 6.04 Å². The number of ether oxygens (including phenoxy) is 2. The molecular formula is C17H27NO2. The summed E-state index contributed by atoms with van der Waals surface area (Å²) in [6, 6.07) is 6.65. The second-order valence-corrected chi connectivity index (χ2v) is 6.02. The standard InChI is InChI=1S/C17H27NO2/c1-12(15-6-7-15)11-18-13(2)9-14-5-8-16(19-3)17(10-14)20-4/h5,8,10,12-13,15,18H,6-7,9,11H2,1-4H3. The van der Waals surface area contributed by atoms with E-state index >= 15 is 0 Å². The van der Waals surface area contributed by atoms with Crippen LogP contribution in [0.25, 0.3) is 0 Å². The van der Waals surface area contributed by atoms with Crippen LogP contribution < -0.4 is 14.8 Å². The molecule has 1 fully saturated rings. The van der Waals surface area contributed by atoms with E-state index in [9.17, 15) is 0 Å². The third-order valence-corrected chi connectivity index (χ3v) is 4.20. The van der Waals surface area contributed by atoms with E-state index in [0.717, 1.165) is 36.3 Å². The van der Waals surface area contributed by atoms with Crippen molar-refractivity contribution in [3.63, 3.8) is 0 Å². The number of benzene rings is 1. The first kappa shape index (κ1) is 15.2. The molecule has 2 unspecified atom stereocenters. The first-order valence-electron chi connectivity index (χ1n) is 7.58. The van der Waals surface area contributed by atoms with Crippen molar-refractivity contribution < 1.29 is 9.47 Å². The highest BCUT2D eigenvalue weighted by Gasteiger charge is 2.27. The minimum Gasteiger partial charge on any atom is -0.493 e. The summed E-state index contributed by atoms with van der Waals surface area (Å²) >= 11 is 0. The van der Waals surface area contributed by atoms with Crippen LogP contribution in [0.15, 0.2) is 18.2 Å². The lowest BCUT2D eigenvalue weighted by Crippen LogP contribution is -2.32. The van der Waals surface area contributed by atoms with Gasteiger partial charge in [0.15, 0.2) is 11.5 Å². The average Bonchev–Trinajstić information content (AvgIpc) is 3.29. The van der Waals surface area contributed by atoms with Gasteiger partial charge in [-0.2, -0.15) is 0 Å². The molecule has 0 bridgehead atoms. The van der Waals surface area contributed by atoms with Crippen molar-refractivity contribution in [1.29, 1.82) is 0 Å². The van der Waals surface area contributed by atoms with Gasteiger partial charge in [-0.05, 0) is 62.3 Å². The van der Waals surface area contributed by atoms with Crippen LogP contribution in [0, 0.1) is 11.8 Å². The lowest BCUT2D eigenvalue weighted by Gasteiger charge is -2.18. The average molecular weight is 277 g/mol. The Bertz CT molecular complexity index is 429. The minimum atomic E-state index is 0.481. The van der Waals surface area contributed by atoms with Crippen molar-refractivity contribution in [2.45, 2.75) is 39.2 Å². The molecule has 1 aliphatic carbocycles. The van der Waals surface area contributed by atoms with E-state index < -0.39 is 0 Å². The third kappa shape index (κ3) is 4.14. The molecule has 3 nitrogen and oxygen atoms in total. The van der Waals surface area contributed by atoms with Crippen LogP contribution in [0.3, 0.4) is 0 Å². The van der Waals surface area contributed by atoms with Gasteiger partial charge in [0.2, 0.25) is 0 Å². The van der Waals surface area contributed by atoms with Crippen molar-refractivity contribution >= 4 is 0 Å². The van der Waals surface area contributed by atoms with Crippen molar-refractivity contribution in [2.24, 2.45) is 11.8 Å². The zero-order chi connectivity index (χ0) is 14.5. The highest BCUT2D eigenvalue weighted by Crippen LogP contribution is 2.36. The van der Waals surface area contributed by atoms with Gasteiger partial charge in [0.1, 0.15) is 0 Å². The third-order valence-electron chi connectivity index (χ3n) is 4.20. The molecule has 0 amide bonds. The van der Waals surface area contributed by atoms with Gasteiger partial charge in [-0.1, -0.05) is 13.0 Å². The number of hydrogen-bond acceptors (Lipinski definition) is 3. The minimum absolute atomic E-state index is 0.481. The molecular weight excluding hydrogens is 250 g/mol. The van der Waals surface area contributed by atoms with E-state index in [1.807, 2.05) is 6.07 Å². The van der Waals surface area contributed by atoms with E-state index in [4.69, 9.17) is 9.47 Å². The predicted octanol–water partition coefficient (Wildman–Crippen LogP) is 3.27. The number of methoxy groups -OCH3 is 2. The van der Waals surface area contributed by atoms with Crippen LogP contribution in [0.1, 0.15) is 32.3 Å². The fraction of sp³-hybridized carbons (Fsp3) is 0.647. The van der Waals surface area contributed by atoms with Crippen LogP contribution in [0.4, 0.5) is 0 Å². The van der Waals surface area contributed by atoms with Crippen molar-refractivity contribution in [3.05, 3.63) is 23.8 Å². The molecule has 2 rings (SSSR count). The topological polar surface area (TPSA) is 30.5 Å². The zero-order valence-electron chi connectivity index (χ0n) is 13.1. The van der Waals surface area contributed by atoms with Crippen LogP contribution >= 0.6 is 0 Å². The summed E-state index contributed by atoms with van der Waals surface area (Å²) in [7, 11) is 3.35. The van der Waals surface area contributed by atoms with Gasteiger partial charge in [0.25, 0.3) is 0 Å². The molecule has 1 aromatic rings. The summed E-state index contributed by atoms with van der Waals surface area (Å²) in [6.45, 7) is 5.73. The molecule has 0 spiro atoms. The van der Waals surface area contributed by atoms with E-state index in [-0.39, 0.29) is 0 Å². The largest absolute Gasteiger partial charge is 0.493 e. The first-order chi connectivity index (χ1) is 9.63. The molecule has 3 heteroatoms. The Labute approximate surface area is 122 Å². The van der Waals surface area contributed by atoms with E-state index in [1.165, 1.54) is 18.4 Å². The molecule has 20 heavy (non-hydrogen) atoms. The second kappa shape index (κ2) is 6.98. The molecule has 0 aliphatic heterocycles. The van der Waals surface area contributed by atoms with Crippen molar-refractivity contribution in [2.75, 3.05) is 20.8 Å². The van der Waals surface area contributed by atoms with Crippen LogP contribution in [0.5, 0.6) is 11.5 Å². The summed E-state index contributed by atoms with van der Waals surface area (Å²) < 4.78 is 10.6. The summed E-state index contributed by atoms with van der Waals surface area (Å²) in [5.41, 5.74) is 1.28. The van der Waals surface area contributed by atoms with Gasteiger partial charge in [0.05, 0.1) is 14.2 Å². The molecule has 1 saturated carbocycles. The lowest BCUT2D eigenvalue weighted by atomic mass is 10.0. The summed E-state index contributed by atoms with van der Waals surface area (Å²) in [6.07, 6.45) is 3.86. The molecule has 0 radical (unpaired) electrons. The number of rotatable bonds is 8. The predicted molar refractivity (Wildman–Crippen MR) is 82.6 cm³/mol. The quantitative estimate of drug-likeness (QED) is 0.791. The van der Waals surface area contributed by atoms with E-state index in [2.05, 4.69) is 31.3 Å². The highest BCUT2D eigenvalue weighted by atomic mass is 16.5. The number of nitrogens with one attached hydrogen (secondary N) is 1. The molecule has 112 valence electrons. The Kier molecular flexibility index (Phi) is 5.30. The van der Waals surface area contributed by atoms with Crippen molar-refractivity contribution in [3.8, 4) is 11.5 Å². The Morgan fingerprint density at radius 3 is 2.45 bits per heavy atom. The molecule has 2 atom stereocenters. The van der Waals surface area contributed by atoms with Gasteiger partial charge in [-0.25, -0.2) is 0 Å².